The maximum atomic E-state index is 12.0. The lowest BCUT2D eigenvalue weighted by atomic mass is 10.00. The SMILES string of the molecule is Cc1ccc(CC(=O)Cc2cccc(Cl)c2)cc1C. The van der Waals surface area contributed by atoms with Gasteiger partial charge in [-0.05, 0) is 48.2 Å². The van der Waals surface area contributed by atoms with E-state index in [2.05, 4.69) is 26.0 Å². The number of rotatable bonds is 4. The van der Waals surface area contributed by atoms with Gasteiger partial charge in [-0.3, -0.25) is 4.79 Å². The van der Waals surface area contributed by atoms with Crippen LogP contribution in [-0.2, 0) is 17.6 Å². The van der Waals surface area contributed by atoms with Gasteiger partial charge in [-0.15, -0.1) is 0 Å². The Bertz CT molecular complexity index is 602. The molecule has 0 atom stereocenters. The zero-order chi connectivity index (χ0) is 13.8. The summed E-state index contributed by atoms with van der Waals surface area (Å²) in [5.74, 6) is 0.213. The Balaban J connectivity index is 2.03. The van der Waals surface area contributed by atoms with Gasteiger partial charge in [0.2, 0.25) is 0 Å². The van der Waals surface area contributed by atoms with Crippen molar-refractivity contribution in [1.29, 1.82) is 0 Å². The topological polar surface area (TPSA) is 17.1 Å². The van der Waals surface area contributed by atoms with Gasteiger partial charge >= 0.3 is 0 Å². The van der Waals surface area contributed by atoms with Gasteiger partial charge in [0.1, 0.15) is 5.78 Å². The summed E-state index contributed by atoms with van der Waals surface area (Å²) in [5.41, 5.74) is 4.54. The summed E-state index contributed by atoms with van der Waals surface area (Å²) in [6.45, 7) is 4.15. The summed E-state index contributed by atoms with van der Waals surface area (Å²) in [6, 6.07) is 13.7. The number of hydrogen-bond acceptors (Lipinski definition) is 1. The van der Waals surface area contributed by atoms with Gasteiger partial charge in [0.15, 0.2) is 0 Å². The van der Waals surface area contributed by atoms with E-state index in [9.17, 15) is 4.79 Å². The summed E-state index contributed by atoms with van der Waals surface area (Å²) in [5, 5.41) is 0.677. The van der Waals surface area contributed by atoms with E-state index in [4.69, 9.17) is 11.6 Å². The summed E-state index contributed by atoms with van der Waals surface area (Å²) in [4.78, 5) is 12.0. The van der Waals surface area contributed by atoms with Crippen LogP contribution in [0.5, 0.6) is 0 Å². The van der Waals surface area contributed by atoms with Gasteiger partial charge in [0.25, 0.3) is 0 Å². The number of carbonyl (C=O) groups excluding carboxylic acids is 1. The van der Waals surface area contributed by atoms with E-state index in [1.165, 1.54) is 11.1 Å². The Morgan fingerprint density at radius 2 is 1.63 bits per heavy atom. The fraction of sp³-hybridized carbons (Fsp3) is 0.235. The molecule has 0 N–H and O–H groups in total. The Labute approximate surface area is 119 Å². The van der Waals surface area contributed by atoms with E-state index in [1.54, 1.807) is 0 Å². The summed E-state index contributed by atoms with van der Waals surface area (Å²) in [7, 11) is 0. The van der Waals surface area contributed by atoms with Crippen molar-refractivity contribution in [3.05, 3.63) is 69.7 Å². The lowest BCUT2D eigenvalue weighted by molar-refractivity contribution is -0.117. The number of halogens is 1. The number of hydrogen-bond donors (Lipinski definition) is 0. The van der Waals surface area contributed by atoms with Crippen LogP contribution in [0.3, 0.4) is 0 Å². The van der Waals surface area contributed by atoms with E-state index < -0.39 is 0 Å². The molecule has 0 aromatic heterocycles. The largest absolute Gasteiger partial charge is 0.299 e. The zero-order valence-corrected chi connectivity index (χ0v) is 12.0. The number of Topliss-reactive ketones (excluding diaryl/α,β-unsaturated/α-hetero) is 1. The molecule has 0 amide bonds. The van der Waals surface area contributed by atoms with Gasteiger partial charge in [-0.25, -0.2) is 0 Å². The van der Waals surface area contributed by atoms with Gasteiger partial charge in [-0.2, -0.15) is 0 Å². The Morgan fingerprint density at radius 1 is 0.947 bits per heavy atom. The van der Waals surface area contributed by atoms with E-state index in [-0.39, 0.29) is 5.78 Å². The highest BCUT2D eigenvalue weighted by Crippen LogP contribution is 2.14. The highest BCUT2D eigenvalue weighted by molar-refractivity contribution is 6.30. The van der Waals surface area contributed by atoms with Crippen molar-refractivity contribution in [2.75, 3.05) is 0 Å². The Morgan fingerprint density at radius 3 is 2.26 bits per heavy atom. The van der Waals surface area contributed by atoms with Crippen molar-refractivity contribution in [3.8, 4) is 0 Å². The van der Waals surface area contributed by atoms with Crippen molar-refractivity contribution in [2.45, 2.75) is 26.7 Å². The summed E-state index contributed by atoms with van der Waals surface area (Å²) < 4.78 is 0. The second-order valence-corrected chi connectivity index (χ2v) is 5.38. The highest BCUT2D eigenvalue weighted by Gasteiger charge is 2.06. The molecule has 2 aromatic carbocycles. The van der Waals surface area contributed by atoms with Gasteiger partial charge < -0.3 is 0 Å². The lowest BCUT2D eigenvalue weighted by Crippen LogP contribution is -2.06. The van der Waals surface area contributed by atoms with Gasteiger partial charge in [0.05, 0.1) is 0 Å². The third-order valence-electron chi connectivity index (χ3n) is 3.26. The van der Waals surface area contributed by atoms with Crippen molar-refractivity contribution in [2.24, 2.45) is 0 Å². The molecule has 0 spiro atoms. The molecule has 0 unspecified atom stereocenters. The first-order valence-electron chi connectivity index (χ1n) is 6.37. The maximum absolute atomic E-state index is 12.0. The molecule has 0 heterocycles. The summed E-state index contributed by atoms with van der Waals surface area (Å²) >= 11 is 5.92. The van der Waals surface area contributed by atoms with Crippen LogP contribution in [0.2, 0.25) is 5.02 Å². The molecule has 0 aliphatic heterocycles. The van der Waals surface area contributed by atoms with Crippen LogP contribution in [0.4, 0.5) is 0 Å². The molecular weight excluding hydrogens is 256 g/mol. The quantitative estimate of drug-likeness (QED) is 0.810. The van der Waals surface area contributed by atoms with Crippen molar-refractivity contribution < 1.29 is 4.79 Å². The Hall–Kier alpha value is -1.60. The third-order valence-corrected chi connectivity index (χ3v) is 3.50. The highest BCUT2D eigenvalue weighted by atomic mass is 35.5. The molecule has 0 aliphatic carbocycles. The van der Waals surface area contributed by atoms with Crippen LogP contribution in [0, 0.1) is 13.8 Å². The number of ketones is 1. The molecule has 2 aromatic rings. The molecule has 2 rings (SSSR count). The predicted octanol–water partition coefficient (Wildman–Crippen LogP) is 4.31. The predicted molar refractivity (Wildman–Crippen MR) is 79.8 cm³/mol. The normalized spacial score (nSPS) is 10.5. The van der Waals surface area contributed by atoms with E-state index in [0.29, 0.717) is 17.9 Å². The number of carbonyl (C=O) groups is 1. The molecule has 0 saturated heterocycles. The van der Waals surface area contributed by atoms with Crippen molar-refractivity contribution in [1.82, 2.24) is 0 Å². The van der Waals surface area contributed by atoms with Crippen LogP contribution in [0.25, 0.3) is 0 Å². The molecule has 0 fully saturated rings. The lowest BCUT2D eigenvalue weighted by Gasteiger charge is -2.05. The third kappa shape index (κ3) is 3.93. The molecule has 19 heavy (non-hydrogen) atoms. The molecular formula is C17H17ClO. The zero-order valence-electron chi connectivity index (χ0n) is 11.2. The van der Waals surface area contributed by atoms with Gasteiger partial charge in [0, 0.05) is 17.9 Å². The minimum atomic E-state index is 0.213. The van der Waals surface area contributed by atoms with Crippen LogP contribution in [0.15, 0.2) is 42.5 Å². The molecule has 0 bridgehead atoms. The fourth-order valence-corrected chi connectivity index (χ4v) is 2.29. The van der Waals surface area contributed by atoms with Crippen LogP contribution >= 0.6 is 11.6 Å². The second kappa shape index (κ2) is 6.03. The molecule has 98 valence electrons. The Kier molecular flexibility index (Phi) is 4.39. The van der Waals surface area contributed by atoms with Crippen LogP contribution < -0.4 is 0 Å². The van der Waals surface area contributed by atoms with E-state index in [0.717, 1.165) is 11.1 Å². The maximum Gasteiger partial charge on any atom is 0.141 e. The van der Waals surface area contributed by atoms with E-state index >= 15 is 0 Å². The minimum Gasteiger partial charge on any atom is -0.299 e. The van der Waals surface area contributed by atoms with Crippen LogP contribution in [0.1, 0.15) is 22.3 Å². The molecule has 0 aliphatic rings. The number of aryl methyl sites for hydroxylation is 2. The molecule has 2 heteroatoms. The van der Waals surface area contributed by atoms with Crippen molar-refractivity contribution in [3.63, 3.8) is 0 Å². The first-order valence-corrected chi connectivity index (χ1v) is 6.74. The van der Waals surface area contributed by atoms with E-state index in [1.807, 2.05) is 30.3 Å². The van der Waals surface area contributed by atoms with Crippen molar-refractivity contribution >= 4 is 17.4 Å². The van der Waals surface area contributed by atoms with Crippen LogP contribution in [-0.4, -0.2) is 5.78 Å². The minimum absolute atomic E-state index is 0.213. The second-order valence-electron chi connectivity index (χ2n) is 4.94. The average molecular weight is 273 g/mol. The number of benzene rings is 2. The molecule has 0 saturated carbocycles. The van der Waals surface area contributed by atoms with Gasteiger partial charge in [-0.1, -0.05) is 41.9 Å². The smallest absolute Gasteiger partial charge is 0.141 e. The molecule has 0 radical (unpaired) electrons. The summed E-state index contributed by atoms with van der Waals surface area (Å²) in [6.07, 6.45) is 0.918. The fourth-order valence-electron chi connectivity index (χ4n) is 2.08. The average Bonchev–Trinajstić information content (AvgIpc) is 2.34. The first kappa shape index (κ1) is 13.8. The standard InChI is InChI=1S/C17H17ClO/c1-12-6-7-15(8-13(12)2)11-17(19)10-14-4-3-5-16(18)9-14/h3-9H,10-11H2,1-2H3. The first-order chi connectivity index (χ1) is 9.04. The monoisotopic (exact) mass is 272 g/mol. The molecule has 1 nitrogen and oxygen atoms in total.